The van der Waals surface area contributed by atoms with Crippen LogP contribution in [0.4, 0.5) is 0 Å². The molecule has 0 aliphatic heterocycles. The summed E-state index contributed by atoms with van der Waals surface area (Å²) >= 11 is 0. The van der Waals surface area contributed by atoms with Gasteiger partial charge in [0.05, 0.1) is 24.8 Å². The Morgan fingerprint density at radius 1 is 1.27 bits per heavy atom. The molecule has 0 unspecified atom stereocenters. The summed E-state index contributed by atoms with van der Waals surface area (Å²) in [4.78, 5) is 25.9. The van der Waals surface area contributed by atoms with E-state index in [1.807, 2.05) is 0 Å². The molecule has 0 saturated heterocycles. The number of ketones is 1. The normalized spacial score (nSPS) is 10.1. The molecular weight excluding hydrogens is 196 g/mol. The molecule has 0 saturated carbocycles. The molecule has 0 atom stereocenters. The highest BCUT2D eigenvalue weighted by Crippen LogP contribution is 2.19. The van der Waals surface area contributed by atoms with E-state index in [1.54, 1.807) is 13.8 Å². The first kappa shape index (κ1) is 11.5. The molecule has 3 N–H and O–H groups in total. The number of nitrogens with two attached hydrogens (primary N) is 1. The van der Waals surface area contributed by atoms with Gasteiger partial charge in [-0.1, -0.05) is 0 Å². The van der Waals surface area contributed by atoms with Gasteiger partial charge in [0.1, 0.15) is 0 Å². The molecular formula is C10H14N2O3. The van der Waals surface area contributed by atoms with Gasteiger partial charge in [0, 0.05) is 11.4 Å². The second-order valence-corrected chi connectivity index (χ2v) is 3.24. The molecule has 82 valence electrons. The van der Waals surface area contributed by atoms with Crippen LogP contribution < -0.4 is 5.73 Å². The van der Waals surface area contributed by atoms with E-state index in [1.165, 1.54) is 7.11 Å². The lowest BCUT2D eigenvalue weighted by Crippen LogP contribution is -2.17. The second-order valence-electron chi connectivity index (χ2n) is 3.24. The first-order chi connectivity index (χ1) is 7.02. The molecule has 1 heterocycles. The Bertz CT molecular complexity index is 371. The standard InChI is InChI=1S/C10H14N2O3/c1-5-8(7(13)4-11)9(6(2)12-5)10(14)15-3/h12H,4,11H2,1-3H3. The number of methoxy groups -OCH3 is 1. The Morgan fingerprint density at radius 2 is 1.80 bits per heavy atom. The molecule has 0 spiro atoms. The summed E-state index contributed by atoms with van der Waals surface area (Å²) in [5.41, 5.74) is 7.16. The Labute approximate surface area is 87.6 Å². The van der Waals surface area contributed by atoms with Crippen molar-refractivity contribution >= 4 is 11.8 Å². The predicted molar refractivity (Wildman–Crippen MR) is 55.0 cm³/mol. The quantitative estimate of drug-likeness (QED) is 0.564. The van der Waals surface area contributed by atoms with Gasteiger partial charge in [0.15, 0.2) is 5.78 Å². The number of aromatic nitrogens is 1. The summed E-state index contributed by atoms with van der Waals surface area (Å²) in [6.45, 7) is 3.32. The lowest BCUT2D eigenvalue weighted by Gasteiger charge is -2.02. The highest BCUT2D eigenvalue weighted by Gasteiger charge is 2.23. The number of nitrogens with one attached hydrogen (secondary N) is 1. The van der Waals surface area contributed by atoms with E-state index < -0.39 is 5.97 Å². The van der Waals surface area contributed by atoms with Crippen LogP contribution in [0.5, 0.6) is 0 Å². The zero-order valence-corrected chi connectivity index (χ0v) is 9.01. The topological polar surface area (TPSA) is 85.2 Å². The Hall–Kier alpha value is -1.62. The summed E-state index contributed by atoms with van der Waals surface area (Å²) in [6, 6.07) is 0. The molecule has 0 bridgehead atoms. The summed E-state index contributed by atoms with van der Waals surface area (Å²) in [5, 5.41) is 0. The van der Waals surface area contributed by atoms with Gasteiger partial charge in [-0.2, -0.15) is 0 Å². The highest BCUT2D eigenvalue weighted by atomic mass is 16.5. The SMILES string of the molecule is COC(=O)c1c(C)[nH]c(C)c1C(=O)CN. The maximum absolute atomic E-state index is 11.5. The molecule has 0 aliphatic rings. The van der Waals surface area contributed by atoms with E-state index in [4.69, 9.17) is 5.73 Å². The van der Waals surface area contributed by atoms with E-state index in [2.05, 4.69) is 9.72 Å². The van der Waals surface area contributed by atoms with Crippen molar-refractivity contribution in [3.8, 4) is 0 Å². The smallest absolute Gasteiger partial charge is 0.340 e. The average molecular weight is 210 g/mol. The van der Waals surface area contributed by atoms with Crippen molar-refractivity contribution in [2.45, 2.75) is 13.8 Å². The highest BCUT2D eigenvalue weighted by molar-refractivity contribution is 6.08. The number of esters is 1. The largest absolute Gasteiger partial charge is 0.465 e. The molecule has 0 aliphatic carbocycles. The van der Waals surface area contributed by atoms with E-state index in [0.717, 1.165) is 0 Å². The summed E-state index contributed by atoms with van der Waals surface area (Å²) in [5.74, 6) is -0.786. The Balaban J connectivity index is 3.35. The maximum atomic E-state index is 11.5. The van der Waals surface area contributed by atoms with E-state index in [0.29, 0.717) is 17.0 Å². The van der Waals surface area contributed by atoms with Crippen molar-refractivity contribution in [1.29, 1.82) is 0 Å². The Morgan fingerprint density at radius 3 is 2.27 bits per heavy atom. The number of Topliss-reactive ketones (excluding diaryl/α,β-unsaturated/α-hetero) is 1. The molecule has 5 heteroatoms. The minimum Gasteiger partial charge on any atom is -0.465 e. The molecule has 0 amide bonds. The van der Waals surface area contributed by atoms with Gasteiger partial charge >= 0.3 is 5.97 Å². The molecule has 5 nitrogen and oxygen atoms in total. The lowest BCUT2D eigenvalue weighted by atomic mass is 10.0. The van der Waals surface area contributed by atoms with Crippen molar-refractivity contribution in [3.63, 3.8) is 0 Å². The molecule has 0 fully saturated rings. The lowest BCUT2D eigenvalue weighted by molar-refractivity contribution is 0.0596. The van der Waals surface area contributed by atoms with Gasteiger partial charge < -0.3 is 15.5 Å². The fourth-order valence-corrected chi connectivity index (χ4v) is 1.59. The van der Waals surface area contributed by atoms with Crippen LogP contribution in [0.2, 0.25) is 0 Å². The third kappa shape index (κ3) is 1.92. The second kappa shape index (κ2) is 4.27. The van der Waals surface area contributed by atoms with Gasteiger partial charge in [-0.05, 0) is 13.8 Å². The fourth-order valence-electron chi connectivity index (χ4n) is 1.59. The number of hydrogen-bond acceptors (Lipinski definition) is 4. The maximum Gasteiger partial charge on any atom is 0.340 e. The van der Waals surface area contributed by atoms with Gasteiger partial charge in [0.2, 0.25) is 0 Å². The molecule has 15 heavy (non-hydrogen) atoms. The number of hydrogen-bond donors (Lipinski definition) is 2. The van der Waals surface area contributed by atoms with Crippen LogP contribution >= 0.6 is 0 Å². The van der Waals surface area contributed by atoms with Crippen LogP contribution in [-0.2, 0) is 4.74 Å². The fraction of sp³-hybridized carbons (Fsp3) is 0.400. The van der Waals surface area contributed by atoms with E-state index >= 15 is 0 Å². The van der Waals surface area contributed by atoms with Crippen molar-refractivity contribution in [2.75, 3.05) is 13.7 Å². The van der Waals surface area contributed by atoms with Crippen molar-refractivity contribution in [3.05, 3.63) is 22.5 Å². The number of aryl methyl sites for hydroxylation is 2. The van der Waals surface area contributed by atoms with Crippen LogP contribution in [0.25, 0.3) is 0 Å². The first-order valence-corrected chi connectivity index (χ1v) is 4.53. The third-order valence-corrected chi connectivity index (χ3v) is 2.23. The van der Waals surface area contributed by atoms with Crippen molar-refractivity contribution in [2.24, 2.45) is 5.73 Å². The number of aromatic amines is 1. The monoisotopic (exact) mass is 210 g/mol. The zero-order valence-electron chi connectivity index (χ0n) is 9.01. The molecule has 1 rings (SSSR count). The molecule has 0 aromatic carbocycles. The van der Waals surface area contributed by atoms with Gasteiger partial charge in [-0.25, -0.2) is 4.79 Å². The molecule has 1 aromatic rings. The van der Waals surface area contributed by atoms with Crippen molar-refractivity contribution in [1.82, 2.24) is 4.98 Å². The number of carbonyl (C=O) groups excluding carboxylic acids is 2. The summed E-state index contributed by atoms with van der Waals surface area (Å²) < 4.78 is 4.61. The van der Waals surface area contributed by atoms with Crippen LogP contribution in [0, 0.1) is 13.8 Å². The van der Waals surface area contributed by atoms with E-state index in [9.17, 15) is 9.59 Å². The van der Waals surface area contributed by atoms with Crippen LogP contribution in [0.15, 0.2) is 0 Å². The number of H-pyrrole nitrogens is 1. The number of rotatable bonds is 3. The Kier molecular flexibility index (Phi) is 3.26. The summed E-state index contributed by atoms with van der Waals surface area (Å²) in [7, 11) is 1.28. The third-order valence-electron chi connectivity index (χ3n) is 2.23. The van der Waals surface area contributed by atoms with Crippen molar-refractivity contribution < 1.29 is 14.3 Å². The van der Waals surface area contributed by atoms with Crippen LogP contribution in [0.1, 0.15) is 32.1 Å². The zero-order chi connectivity index (χ0) is 11.6. The van der Waals surface area contributed by atoms with Gasteiger partial charge in [0.25, 0.3) is 0 Å². The van der Waals surface area contributed by atoms with Crippen LogP contribution in [-0.4, -0.2) is 30.4 Å². The van der Waals surface area contributed by atoms with Gasteiger partial charge in [-0.3, -0.25) is 4.79 Å². The minimum absolute atomic E-state index is 0.123. The van der Waals surface area contributed by atoms with E-state index in [-0.39, 0.29) is 17.9 Å². The molecule has 0 radical (unpaired) electrons. The minimum atomic E-state index is -0.520. The summed E-state index contributed by atoms with van der Waals surface area (Å²) in [6.07, 6.45) is 0. The first-order valence-electron chi connectivity index (χ1n) is 4.53. The number of carbonyl (C=O) groups is 2. The predicted octanol–water partition coefficient (Wildman–Crippen LogP) is 0.560. The van der Waals surface area contributed by atoms with Crippen LogP contribution in [0.3, 0.4) is 0 Å². The number of ether oxygens (including phenoxy) is 1. The average Bonchev–Trinajstić information content (AvgIpc) is 2.51. The molecule has 1 aromatic heterocycles. The van der Waals surface area contributed by atoms with Gasteiger partial charge in [-0.15, -0.1) is 0 Å².